The molecule has 29 heavy (non-hydrogen) atoms. The maximum Gasteiger partial charge on any atom is 0.313 e. The fraction of sp³-hybridized carbons (Fsp3) is 0.917. The van der Waals surface area contributed by atoms with E-state index in [4.69, 9.17) is 16.2 Å². The Morgan fingerprint density at radius 3 is 0.931 bits per heavy atom. The molecule has 0 saturated carbocycles. The average Bonchev–Trinajstić information content (AvgIpc) is 2.70. The Morgan fingerprint density at radius 2 is 0.655 bits per heavy atom. The number of hydrogen-bond donors (Lipinski definition) is 2. The molecule has 0 aliphatic heterocycles. The predicted octanol–water partition coefficient (Wildman–Crippen LogP) is 5.78. The molecule has 0 aromatic heterocycles. The van der Waals surface area contributed by atoms with Crippen LogP contribution in [0.2, 0.25) is 0 Å². The second kappa shape index (κ2) is 23.3. The molecule has 0 aromatic rings. The van der Waals surface area contributed by atoms with Gasteiger partial charge in [-0.15, -0.1) is 0 Å². The zero-order chi connectivity index (χ0) is 21.4. The number of rotatable bonds is 22. The van der Waals surface area contributed by atoms with E-state index in [-0.39, 0.29) is 11.9 Å². The number of carbonyl (C=O) groups excluding carboxylic acids is 2. The van der Waals surface area contributed by atoms with E-state index >= 15 is 0 Å². The third-order valence-electron chi connectivity index (χ3n) is 5.40. The van der Waals surface area contributed by atoms with Crippen LogP contribution in [0.25, 0.3) is 0 Å². The third-order valence-corrected chi connectivity index (χ3v) is 5.40. The Hall–Kier alpha value is -0.940. The van der Waals surface area contributed by atoms with Gasteiger partial charge in [-0.3, -0.25) is 9.59 Å². The summed E-state index contributed by atoms with van der Waals surface area (Å²) >= 11 is 0. The van der Waals surface area contributed by atoms with E-state index in [2.05, 4.69) is 0 Å². The molecule has 0 amide bonds. The molecule has 172 valence electrons. The van der Waals surface area contributed by atoms with Crippen molar-refractivity contribution in [3.8, 4) is 0 Å². The molecule has 0 saturated heterocycles. The highest BCUT2D eigenvalue weighted by Crippen LogP contribution is 2.12. The largest absolute Gasteiger partial charge is 0.393 e. The maximum absolute atomic E-state index is 11.7. The zero-order valence-electron chi connectivity index (χ0n) is 18.9. The molecule has 5 heteroatoms. The number of ether oxygens (including phenoxy) is 1. The van der Waals surface area contributed by atoms with E-state index in [1.165, 1.54) is 64.2 Å². The highest BCUT2D eigenvalue weighted by atomic mass is 16.6. The maximum atomic E-state index is 11.7. The van der Waals surface area contributed by atoms with Crippen molar-refractivity contribution in [1.82, 2.24) is 0 Å². The third kappa shape index (κ3) is 23.2. The monoisotopic (exact) mass is 412 g/mol. The smallest absolute Gasteiger partial charge is 0.313 e. The van der Waals surface area contributed by atoms with Gasteiger partial charge >= 0.3 is 11.9 Å². The highest BCUT2D eigenvalue weighted by Gasteiger charge is 2.09. The van der Waals surface area contributed by atoms with Gasteiger partial charge in [0.2, 0.25) is 0 Å². The summed E-state index contributed by atoms with van der Waals surface area (Å²) in [6.07, 6.45) is 21.6. The van der Waals surface area contributed by atoms with Gasteiger partial charge in [0.05, 0.1) is 0 Å². The summed E-state index contributed by atoms with van der Waals surface area (Å²) in [4.78, 5) is 23.4. The topological polar surface area (TPSA) is 95.4 Å². The van der Waals surface area contributed by atoms with Crippen LogP contribution in [0.4, 0.5) is 0 Å². The zero-order valence-corrected chi connectivity index (χ0v) is 18.9. The molecule has 0 bridgehead atoms. The Kier molecular flexibility index (Phi) is 22.6. The summed E-state index contributed by atoms with van der Waals surface area (Å²) in [5.41, 5.74) is 11.0. The van der Waals surface area contributed by atoms with E-state index in [0.29, 0.717) is 12.8 Å². The van der Waals surface area contributed by atoms with Gasteiger partial charge in [-0.25, -0.2) is 0 Å². The van der Waals surface area contributed by atoms with Crippen molar-refractivity contribution in [2.75, 3.05) is 13.1 Å². The molecule has 0 heterocycles. The van der Waals surface area contributed by atoms with Crippen molar-refractivity contribution >= 4 is 11.9 Å². The van der Waals surface area contributed by atoms with Crippen molar-refractivity contribution < 1.29 is 14.3 Å². The number of nitrogens with two attached hydrogens (primary N) is 2. The lowest BCUT2D eigenvalue weighted by Crippen LogP contribution is -2.11. The lowest BCUT2D eigenvalue weighted by Gasteiger charge is -2.04. The Bertz CT molecular complexity index is 341. The van der Waals surface area contributed by atoms with Crippen LogP contribution >= 0.6 is 0 Å². The number of unbranched alkanes of at least 4 members (excludes halogenated alkanes) is 16. The fourth-order valence-electron chi connectivity index (χ4n) is 3.53. The Labute approximate surface area is 179 Å². The molecule has 0 spiro atoms. The van der Waals surface area contributed by atoms with Gasteiger partial charge in [0.1, 0.15) is 0 Å². The number of esters is 2. The molecular weight excluding hydrogens is 364 g/mol. The van der Waals surface area contributed by atoms with Crippen molar-refractivity contribution in [2.45, 2.75) is 128 Å². The van der Waals surface area contributed by atoms with Crippen LogP contribution < -0.4 is 11.5 Å². The van der Waals surface area contributed by atoms with E-state index in [1.807, 2.05) is 0 Å². The highest BCUT2D eigenvalue weighted by molar-refractivity contribution is 5.85. The van der Waals surface area contributed by atoms with Gasteiger partial charge in [0.15, 0.2) is 0 Å². The normalized spacial score (nSPS) is 11.0. The first-order valence-corrected chi connectivity index (χ1v) is 12.3. The number of carbonyl (C=O) groups is 2. The average molecular weight is 413 g/mol. The number of hydrogen-bond acceptors (Lipinski definition) is 5. The minimum absolute atomic E-state index is 0.353. The van der Waals surface area contributed by atoms with E-state index < -0.39 is 0 Å². The first kappa shape index (κ1) is 28.1. The molecule has 5 nitrogen and oxygen atoms in total. The van der Waals surface area contributed by atoms with Crippen LogP contribution in [0.1, 0.15) is 128 Å². The minimum Gasteiger partial charge on any atom is -0.393 e. The van der Waals surface area contributed by atoms with Crippen molar-refractivity contribution in [3.05, 3.63) is 0 Å². The van der Waals surface area contributed by atoms with Crippen LogP contribution in [0.3, 0.4) is 0 Å². The Balaban J connectivity index is 3.32. The second-order valence-corrected chi connectivity index (χ2v) is 8.29. The molecule has 0 radical (unpaired) electrons. The van der Waals surface area contributed by atoms with Gasteiger partial charge in [-0.05, 0) is 38.8 Å². The molecule has 0 unspecified atom stereocenters. The van der Waals surface area contributed by atoms with Crippen LogP contribution in [-0.2, 0) is 14.3 Å². The molecule has 0 aliphatic rings. The quantitative estimate of drug-likeness (QED) is 0.134. The van der Waals surface area contributed by atoms with Crippen molar-refractivity contribution in [1.29, 1.82) is 0 Å². The fourth-order valence-corrected chi connectivity index (χ4v) is 3.53. The molecule has 0 fully saturated rings. The lowest BCUT2D eigenvalue weighted by atomic mass is 10.1. The lowest BCUT2D eigenvalue weighted by molar-refractivity contribution is -0.159. The predicted molar refractivity (Wildman–Crippen MR) is 122 cm³/mol. The van der Waals surface area contributed by atoms with Gasteiger partial charge in [0, 0.05) is 12.8 Å². The summed E-state index contributed by atoms with van der Waals surface area (Å²) in [7, 11) is 0. The summed E-state index contributed by atoms with van der Waals surface area (Å²) in [5.74, 6) is -0.705. The molecular formula is C24H48N2O3. The van der Waals surface area contributed by atoms with E-state index in [0.717, 1.165) is 64.5 Å². The second-order valence-electron chi connectivity index (χ2n) is 8.29. The summed E-state index contributed by atoms with van der Waals surface area (Å²) < 4.78 is 4.92. The standard InChI is InChI=1S/C24H48N2O3/c25-21-17-13-9-5-1-3-7-11-15-19-23(27)29-24(28)20-16-12-8-4-2-6-10-14-18-22-26/h1-22,25-26H2. The van der Waals surface area contributed by atoms with Crippen molar-refractivity contribution in [2.24, 2.45) is 11.5 Å². The molecule has 0 rings (SSSR count). The molecule has 0 aromatic carbocycles. The summed E-state index contributed by atoms with van der Waals surface area (Å²) in [6, 6.07) is 0. The van der Waals surface area contributed by atoms with Gasteiger partial charge in [-0.1, -0.05) is 89.9 Å². The molecule has 4 N–H and O–H groups in total. The van der Waals surface area contributed by atoms with Gasteiger partial charge < -0.3 is 16.2 Å². The first-order valence-electron chi connectivity index (χ1n) is 12.3. The summed E-state index contributed by atoms with van der Waals surface area (Å²) in [5, 5.41) is 0. The van der Waals surface area contributed by atoms with Gasteiger partial charge in [0.25, 0.3) is 0 Å². The van der Waals surface area contributed by atoms with Gasteiger partial charge in [-0.2, -0.15) is 0 Å². The Morgan fingerprint density at radius 1 is 0.414 bits per heavy atom. The van der Waals surface area contributed by atoms with E-state index in [9.17, 15) is 9.59 Å². The molecule has 0 atom stereocenters. The van der Waals surface area contributed by atoms with Crippen LogP contribution in [-0.4, -0.2) is 25.0 Å². The molecule has 0 aliphatic carbocycles. The van der Waals surface area contributed by atoms with Crippen LogP contribution in [0.5, 0.6) is 0 Å². The summed E-state index contributed by atoms with van der Waals surface area (Å²) in [6.45, 7) is 1.60. The van der Waals surface area contributed by atoms with Crippen molar-refractivity contribution in [3.63, 3.8) is 0 Å². The van der Waals surface area contributed by atoms with Crippen LogP contribution in [0.15, 0.2) is 0 Å². The first-order chi connectivity index (χ1) is 14.2. The van der Waals surface area contributed by atoms with E-state index in [1.54, 1.807) is 0 Å². The van der Waals surface area contributed by atoms with Crippen LogP contribution in [0, 0.1) is 0 Å². The minimum atomic E-state index is -0.353. The SMILES string of the molecule is NCCCCCCCCCCCC(=O)OC(=O)CCCCCCCCCCCN.